The third-order valence-corrected chi connectivity index (χ3v) is 8.88. The number of aromatic nitrogens is 2. The largest absolute Gasteiger partial charge is 0.393 e. The molecule has 0 spiro atoms. The molecule has 10 nitrogen and oxygen atoms in total. The Morgan fingerprint density at radius 2 is 2.13 bits per heavy atom. The summed E-state index contributed by atoms with van der Waals surface area (Å²) in [6, 6.07) is 9.26. The van der Waals surface area contributed by atoms with Gasteiger partial charge in [0.05, 0.1) is 23.2 Å². The highest BCUT2D eigenvalue weighted by molar-refractivity contribution is 7.84. The van der Waals surface area contributed by atoms with Crippen molar-refractivity contribution in [2.24, 2.45) is 11.1 Å². The molecular weight excluding hydrogens is 564 g/mol. The van der Waals surface area contributed by atoms with E-state index in [0.29, 0.717) is 40.7 Å². The van der Waals surface area contributed by atoms with E-state index in [0.717, 1.165) is 30.4 Å². The van der Waals surface area contributed by atoms with E-state index in [9.17, 15) is 18.3 Å². The molecule has 2 fully saturated rings. The maximum Gasteiger partial charge on any atom is 0.333 e. The van der Waals surface area contributed by atoms with Crippen molar-refractivity contribution in [3.8, 4) is 0 Å². The number of carbonyl (C=O) groups excluding carboxylic acids is 1. The quantitative estimate of drug-likeness (QED) is 0.316. The van der Waals surface area contributed by atoms with Gasteiger partial charge < -0.3 is 15.2 Å². The van der Waals surface area contributed by atoms with E-state index in [4.69, 9.17) is 21.5 Å². The molecule has 1 aliphatic carbocycles. The molecule has 4 atom stereocenters. The van der Waals surface area contributed by atoms with Crippen molar-refractivity contribution in [2.75, 3.05) is 18.5 Å². The molecule has 0 radical (unpaired) electrons. The number of carbonyl (C=O) groups is 1. The molecule has 1 saturated carbocycles. The predicted molar refractivity (Wildman–Crippen MR) is 147 cm³/mol. The topological polar surface area (TPSA) is 154 Å². The smallest absolute Gasteiger partial charge is 0.333 e. The normalized spacial score (nSPS) is 25.5. The molecule has 208 valence electrons. The van der Waals surface area contributed by atoms with Gasteiger partial charge in [-0.1, -0.05) is 23.7 Å². The van der Waals surface area contributed by atoms with E-state index < -0.39 is 27.9 Å². The molecule has 3 aromatic rings. The van der Waals surface area contributed by atoms with Gasteiger partial charge in [-0.2, -0.15) is 8.42 Å². The molecule has 1 aromatic carbocycles. The number of nitrogens with two attached hydrogens (primary N) is 1. The molecule has 1 unspecified atom stereocenters. The van der Waals surface area contributed by atoms with Crippen molar-refractivity contribution in [3.63, 3.8) is 0 Å². The molecule has 13 heteroatoms. The number of halogens is 1. The highest BCUT2D eigenvalue weighted by atomic mass is 35.5. The zero-order chi connectivity index (χ0) is 27.6. The number of hydrogen-bond acceptors (Lipinski definition) is 10. The van der Waals surface area contributed by atoms with Gasteiger partial charge in [-0.05, 0) is 66.8 Å². The Kier molecular flexibility index (Phi) is 8.34. The molecule has 3 heterocycles. The minimum atomic E-state index is -4.10. The van der Waals surface area contributed by atoms with Gasteiger partial charge in [0.25, 0.3) is 0 Å². The second-order valence-electron chi connectivity index (χ2n) is 9.87. The van der Waals surface area contributed by atoms with Crippen molar-refractivity contribution in [1.82, 2.24) is 9.97 Å². The lowest BCUT2D eigenvalue weighted by atomic mass is 9.81. The number of nitrogens with zero attached hydrogens (tertiary/aromatic N) is 2. The van der Waals surface area contributed by atoms with E-state index in [2.05, 4.69) is 19.5 Å². The van der Waals surface area contributed by atoms with Crippen molar-refractivity contribution < 1.29 is 27.2 Å². The number of ketones is 1. The molecule has 1 aliphatic heterocycles. The average Bonchev–Trinajstić information content (AvgIpc) is 3.54. The number of ether oxygens (including phenoxy) is 1. The van der Waals surface area contributed by atoms with Crippen LogP contribution in [-0.4, -0.2) is 54.6 Å². The van der Waals surface area contributed by atoms with Gasteiger partial charge in [-0.3, -0.25) is 8.98 Å². The average molecular weight is 593 g/mol. The zero-order valence-corrected chi connectivity index (χ0v) is 23.3. The highest BCUT2D eigenvalue weighted by Crippen LogP contribution is 2.44. The number of nitrogens with one attached hydrogen (secondary N) is 1. The zero-order valence-electron chi connectivity index (χ0n) is 21.0. The Morgan fingerprint density at radius 3 is 2.87 bits per heavy atom. The summed E-state index contributed by atoms with van der Waals surface area (Å²) < 4.78 is 33.3. The number of anilines is 1. The van der Waals surface area contributed by atoms with Crippen LogP contribution in [0.3, 0.4) is 0 Å². The first-order valence-corrected chi connectivity index (χ1v) is 15.3. The van der Waals surface area contributed by atoms with Crippen LogP contribution in [0.2, 0.25) is 5.02 Å². The van der Waals surface area contributed by atoms with Crippen molar-refractivity contribution in [2.45, 2.75) is 49.9 Å². The van der Waals surface area contributed by atoms with Crippen LogP contribution in [0.4, 0.5) is 5.82 Å². The lowest BCUT2D eigenvalue weighted by Crippen LogP contribution is -2.34. The lowest BCUT2D eigenvalue weighted by molar-refractivity contribution is -0.0530. The maximum atomic E-state index is 13.7. The number of thiophene rings is 1. The summed E-state index contributed by atoms with van der Waals surface area (Å²) in [7, 11) is -4.10. The first-order valence-electron chi connectivity index (χ1n) is 12.6. The Morgan fingerprint density at radius 1 is 1.28 bits per heavy atom. The summed E-state index contributed by atoms with van der Waals surface area (Å²) in [4.78, 5) is 22.5. The van der Waals surface area contributed by atoms with E-state index >= 15 is 0 Å². The van der Waals surface area contributed by atoms with Crippen LogP contribution in [0.5, 0.6) is 0 Å². The minimum Gasteiger partial charge on any atom is -0.393 e. The second kappa shape index (κ2) is 11.6. The van der Waals surface area contributed by atoms with Crippen molar-refractivity contribution >= 4 is 44.8 Å². The predicted octanol–water partition coefficient (Wildman–Crippen LogP) is 3.64. The van der Waals surface area contributed by atoms with E-state index in [1.54, 1.807) is 0 Å². The van der Waals surface area contributed by atoms with Crippen LogP contribution in [0, 0.1) is 5.92 Å². The minimum absolute atomic E-state index is 0.220. The molecule has 0 amide bonds. The van der Waals surface area contributed by atoms with Crippen LogP contribution >= 0.6 is 22.9 Å². The summed E-state index contributed by atoms with van der Waals surface area (Å²) in [6.07, 6.45) is 5.50. The standard InChI is InChI=1S/C26H29ClN4O6S2/c27-19-5-3-4-17(9-19)26(6-1-2-7-36-26)18-10-23(38-14-18)24(33)21-12-29-15-30-25(21)31-20-8-16(22(32)11-20)13-37-39(28,34)35/h3-5,9-10,12,14-16,20,22,32H,1-2,6-8,11,13H2,(H2,28,34,35)(H,29,30,31)/t16-,20-,22+,26?/m1/s1. The van der Waals surface area contributed by atoms with Crippen LogP contribution in [0.25, 0.3) is 0 Å². The first kappa shape index (κ1) is 28.1. The summed E-state index contributed by atoms with van der Waals surface area (Å²) in [6.45, 7) is 0.394. The highest BCUT2D eigenvalue weighted by Gasteiger charge is 2.39. The molecule has 39 heavy (non-hydrogen) atoms. The SMILES string of the molecule is NS(=O)(=O)OC[C@H]1C[C@@H](Nc2ncncc2C(=O)c2cc(C3(c4cccc(Cl)c4)CCCCO3)cs2)C[C@@H]1O. The Balaban J connectivity index is 1.36. The molecule has 2 aromatic heterocycles. The fourth-order valence-electron chi connectivity index (χ4n) is 5.34. The number of aliphatic hydroxyl groups excluding tert-OH is 1. The molecule has 1 saturated heterocycles. The molecule has 5 rings (SSSR count). The van der Waals surface area contributed by atoms with Gasteiger partial charge in [0.2, 0.25) is 5.78 Å². The third kappa shape index (κ3) is 6.32. The van der Waals surface area contributed by atoms with Gasteiger partial charge in [-0.15, -0.1) is 11.3 Å². The van der Waals surface area contributed by atoms with Gasteiger partial charge in [-0.25, -0.2) is 15.1 Å². The van der Waals surface area contributed by atoms with Gasteiger partial charge in [0.1, 0.15) is 17.7 Å². The number of rotatable bonds is 9. The van der Waals surface area contributed by atoms with Crippen molar-refractivity contribution in [3.05, 3.63) is 74.8 Å². The van der Waals surface area contributed by atoms with Gasteiger partial charge in [0.15, 0.2) is 0 Å². The molecule has 2 aliphatic rings. The Hall–Kier alpha value is -2.45. The Bertz CT molecular complexity index is 1440. The summed E-state index contributed by atoms with van der Waals surface area (Å²) in [5.74, 6) is -0.326. The van der Waals surface area contributed by atoms with E-state index in [-0.39, 0.29) is 18.4 Å². The summed E-state index contributed by atoms with van der Waals surface area (Å²) >= 11 is 7.64. The second-order valence-corrected chi connectivity index (χ2v) is 12.4. The van der Waals surface area contributed by atoms with Crippen molar-refractivity contribution in [1.29, 1.82) is 0 Å². The number of hydrogen-bond donors (Lipinski definition) is 3. The van der Waals surface area contributed by atoms with E-state index in [1.807, 2.05) is 35.7 Å². The monoisotopic (exact) mass is 592 g/mol. The van der Waals surface area contributed by atoms with Crippen LogP contribution in [-0.2, 0) is 24.8 Å². The lowest BCUT2D eigenvalue weighted by Gasteiger charge is -2.37. The summed E-state index contributed by atoms with van der Waals surface area (Å²) in [5.41, 5.74) is 1.48. The maximum absolute atomic E-state index is 13.7. The van der Waals surface area contributed by atoms with Gasteiger partial charge >= 0.3 is 10.3 Å². The molecular formula is C26H29ClN4O6S2. The first-order chi connectivity index (χ1) is 18.6. The fourth-order valence-corrected chi connectivity index (χ4v) is 6.82. The van der Waals surface area contributed by atoms with Crippen LogP contribution in [0.15, 0.2) is 48.2 Å². The fraction of sp³-hybridized carbons (Fsp3) is 0.423. The van der Waals surface area contributed by atoms with Crippen LogP contribution < -0.4 is 10.5 Å². The van der Waals surface area contributed by atoms with Crippen LogP contribution in [0.1, 0.15) is 58.5 Å². The summed E-state index contributed by atoms with van der Waals surface area (Å²) in [5, 5.41) is 21.1. The van der Waals surface area contributed by atoms with E-state index in [1.165, 1.54) is 23.9 Å². The molecule has 0 bridgehead atoms. The number of aliphatic hydroxyl groups is 1. The molecule has 4 N–H and O–H groups in total. The third-order valence-electron chi connectivity index (χ3n) is 7.25. The Labute approximate surface area is 235 Å². The van der Waals surface area contributed by atoms with Gasteiger partial charge in [0, 0.05) is 29.8 Å². The number of benzene rings is 1.